The van der Waals surface area contributed by atoms with E-state index in [4.69, 9.17) is 4.74 Å². The topological polar surface area (TPSA) is 12.5 Å². The molecule has 2 heteroatoms. The normalized spacial score (nSPS) is 17.7. The van der Waals surface area contributed by atoms with Crippen molar-refractivity contribution in [1.29, 1.82) is 0 Å². The van der Waals surface area contributed by atoms with Crippen LogP contribution in [0.15, 0.2) is 0 Å². The van der Waals surface area contributed by atoms with Crippen LogP contribution in [0, 0.1) is 10.8 Å². The predicted octanol–water partition coefficient (Wildman–Crippen LogP) is 4.58. The van der Waals surface area contributed by atoms with E-state index in [1.54, 1.807) is 0 Å². The molecule has 0 aliphatic carbocycles. The summed E-state index contributed by atoms with van der Waals surface area (Å²) in [6.07, 6.45) is 1.35. The molecule has 0 aromatic carbocycles. The Hall–Kier alpha value is -0.0800. The molecular formula is C17H37NO. The van der Waals surface area contributed by atoms with Gasteiger partial charge in [0.2, 0.25) is 0 Å². The minimum atomic E-state index is 0.175. The van der Waals surface area contributed by atoms with Gasteiger partial charge < -0.3 is 4.74 Å². The highest BCUT2D eigenvalue weighted by atomic mass is 16.5. The Morgan fingerprint density at radius 1 is 0.842 bits per heavy atom. The van der Waals surface area contributed by atoms with Crippen LogP contribution >= 0.6 is 0 Å². The second-order valence-corrected chi connectivity index (χ2v) is 8.99. The molecule has 0 bridgehead atoms. The van der Waals surface area contributed by atoms with Gasteiger partial charge in [0, 0.05) is 18.7 Å². The Labute approximate surface area is 121 Å². The van der Waals surface area contributed by atoms with Crippen molar-refractivity contribution in [3.05, 3.63) is 0 Å². The second kappa shape index (κ2) is 6.13. The summed E-state index contributed by atoms with van der Waals surface area (Å²) >= 11 is 0. The lowest BCUT2D eigenvalue weighted by atomic mass is 9.76. The van der Waals surface area contributed by atoms with Crippen LogP contribution in [0.1, 0.15) is 68.7 Å². The van der Waals surface area contributed by atoms with E-state index in [2.05, 4.69) is 74.3 Å². The lowest BCUT2D eigenvalue weighted by molar-refractivity contribution is -0.0415. The van der Waals surface area contributed by atoms with Crippen LogP contribution in [0.3, 0.4) is 0 Å². The Bertz CT molecular complexity index is 264. The highest BCUT2D eigenvalue weighted by molar-refractivity contribution is 4.91. The van der Waals surface area contributed by atoms with Crippen LogP contribution in [0.4, 0.5) is 0 Å². The van der Waals surface area contributed by atoms with Gasteiger partial charge in [-0.05, 0) is 45.1 Å². The van der Waals surface area contributed by atoms with Gasteiger partial charge >= 0.3 is 0 Å². The molecule has 0 aliphatic heterocycles. The zero-order valence-electron chi connectivity index (χ0n) is 15.2. The van der Waals surface area contributed by atoms with Crippen LogP contribution in [0.25, 0.3) is 0 Å². The van der Waals surface area contributed by atoms with Crippen molar-refractivity contribution < 1.29 is 4.74 Å². The van der Waals surface area contributed by atoms with Gasteiger partial charge in [-0.25, -0.2) is 0 Å². The minimum absolute atomic E-state index is 0.175. The molecule has 0 amide bonds. The Morgan fingerprint density at radius 2 is 1.26 bits per heavy atom. The summed E-state index contributed by atoms with van der Waals surface area (Å²) in [4.78, 5) is 2.50. The van der Waals surface area contributed by atoms with Gasteiger partial charge in [-0.3, -0.25) is 4.90 Å². The summed E-state index contributed by atoms with van der Waals surface area (Å²) in [5.41, 5.74) is 0.592. The highest BCUT2D eigenvalue weighted by Crippen LogP contribution is 2.35. The molecule has 0 N–H and O–H groups in total. The average molecular weight is 271 g/mol. The van der Waals surface area contributed by atoms with Gasteiger partial charge in [-0.2, -0.15) is 0 Å². The van der Waals surface area contributed by atoms with Crippen molar-refractivity contribution in [2.75, 3.05) is 14.2 Å². The molecule has 0 spiro atoms. The summed E-state index contributed by atoms with van der Waals surface area (Å²) in [5.74, 6) is 0. The fraction of sp³-hybridized carbons (Fsp3) is 1.00. The first-order valence-electron chi connectivity index (χ1n) is 7.47. The van der Waals surface area contributed by atoms with Crippen molar-refractivity contribution in [2.24, 2.45) is 10.8 Å². The molecule has 0 fully saturated rings. The molecule has 0 radical (unpaired) electrons. The zero-order chi connectivity index (χ0) is 15.6. The standard InChI is InChI=1S/C17H37NO/c1-15(2,3)13(18(10)17(7,8)9)12-14(19-11)16(4,5)6/h13-14H,12H2,1-11H3. The zero-order valence-corrected chi connectivity index (χ0v) is 15.2. The predicted molar refractivity (Wildman–Crippen MR) is 85.6 cm³/mol. The van der Waals surface area contributed by atoms with E-state index < -0.39 is 0 Å². The van der Waals surface area contributed by atoms with Crippen molar-refractivity contribution in [3.8, 4) is 0 Å². The van der Waals surface area contributed by atoms with Crippen LogP contribution in [0.2, 0.25) is 0 Å². The van der Waals surface area contributed by atoms with E-state index in [0.717, 1.165) is 6.42 Å². The van der Waals surface area contributed by atoms with Crippen molar-refractivity contribution in [3.63, 3.8) is 0 Å². The molecule has 116 valence electrons. The number of ether oxygens (including phenoxy) is 1. The van der Waals surface area contributed by atoms with Gasteiger partial charge in [0.05, 0.1) is 6.10 Å². The molecule has 0 heterocycles. The van der Waals surface area contributed by atoms with E-state index in [1.165, 1.54) is 0 Å². The number of hydrogen-bond acceptors (Lipinski definition) is 2. The molecular weight excluding hydrogens is 234 g/mol. The van der Waals surface area contributed by atoms with Crippen molar-refractivity contribution in [1.82, 2.24) is 4.90 Å². The highest BCUT2D eigenvalue weighted by Gasteiger charge is 2.38. The maximum Gasteiger partial charge on any atom is 0.0634 e. The van der Waals surface area contributed by atoms with E-state index in [0.29, 0.717) is 6.04 Å². The van der Waals surface area contributed by atoms with Gasteiger partial charge in [0.15, 0.2) is 0 Å². The third-order valence-corrected chi connectivity index (χ3v) is 4.21. The third-order valence-electron chi connectivity index (χ3n) is 4.21. The first kappa shape index (κ1) is 18.9. The molecule has 2 atom stereocenters. The molecule has 2 nitrogen and oxygen atoms in total. The Morgan fingerprint density at radius 3 is 1.47 bits per heavy atom. The number of rotatable bonds is 4. The molecule has 0 aromatic heterocycles. The number of hydrogen-bond donors (Lipinski definition) is 0. The maximum absolute atomic E-state index is 5.78. The summed E-state index contributed by atoms with van der Waals surface area (Å²) in [7, 11) is 4.08. The smallest absolute Gasteiger partial charge is 0.0634 e. The third kappa shape index (κ3) is 5.83. The van der Waals surface area contributed by atoms with Crippen LogP contribution < -0.4 is 0 Å². The number of methoxy groups -OCH3 is 1. The average Bonchev–Trinajstić information content (AvgIpc) is 2.12. The van der Waals surface area contributed by atoms with E-state index in [9.17, 15) is 0 Å². The summed E-state index contributed by atoms with van der Waals surface area (Å²) in [6, 6.07) is 0.497. The largest absolute Gasteiger partial charge is 0.381 e. The fourth-order valence-electron chi connectivity index (χ4n) is 2.57. The molecule has 0 aromatic rings. The van der Waals surface area contributed by atoms with E-state index in [-0.39, 0.29) is 22.5 Å². The van der Waals surface area contributed by atoms with Gasteiger partial charge in [-0.1, -0.05) is 41.5 Å². The SMILES string of the molecule is COC(CC(N(C)C(C)(C)C)C(C)(C)C)C(C)(C)C. The van der Waals surface area contributed by atoms with Gasteiger partial charge in [0.25, 0.3) is 0 Å². The summed E-state index contributed by atoms with van der Waals surface area (Å²) < 4.78 is 5.78. The first-order valence-corrected chi connectivity index (χ1v) is 7.47. The Kier molecular flexibility index (Phi) is 6.11. The van der Waals surface area contributed by atoms with E-state index in [1.807, 2.05) is 7.11 Å². The Balaban J connectivity index is 5.20. The summed E-state index contributed by atoms with van der Waals surface area (Å²) in [6.45, 7) is 20.6. The molecule has 0 rings (SSSR count). The van der Waals surface area contributed by atoms with Crippen LogP contribution in [-0.4, -0.2) is 36.7 Å². The fourth-order valence-corrected chi connectivity index (χ4v) is 2.57. The lowest BCUT2D eigenvalue weighted by Crippen LogP contribution is -2.53. The van der Waals surface area contributed by atoms with E-state index >= 15 is 0 Å². The second-order valence-electron chi connectivity index (χ2n) is 8.99. The van der Waals surface area contributed by atoms with Gasteiger partial charge in [-0.15, -0.1) is 0 Å². The van der Waals surface area contributed by atoms with Crippen LogP contribution in [-0.2, 0) is 4.74 Å². The minimum Gasteiger partial charge on any atom is -0.381 e. The molecule has 0 aliphatic rings. The first-order chi connectivity index (χ1) is 8.21. The van der Waals surface area contributed by atoms with Gasteiger partial charge in [0.1, 0.15) is 0 Å². The maximum atomic E-state index is 5.78. The van der Waals surface area contributed by atoms with Crippen molar-refractivity contribution in [2.45, 2.75) is 86.4 Å². The number of nitrogens with zero attached hydrogens (tertiary/aromatic N) is 1. The molecule has 0 saturated carbocycles. The molecule has 2 unspecified atom stereocenters. The molecule has 19 heavy (non-hydrogen) atoms. The lowest BCUT2D eigenvalue weighted by Gasteiger charge is -2.47. The quantitative estimate of drug-likeness (QED) is 0.742. The summed E-state index contributed by atoms with van der Waals surface area (Å²) in [5, 5.41) is 0. The molecule has 0 saturated heterocycles. The monoisotopic (exact) mass is 271 g/mol. The van der Waals surface area contributed by atoms with Crippen LogP contribution in [0.5, 0.6) is 0 Å². The van der Waals surface area contributed by atoms with Crippen molar-refractivity contribution >= 4 is 0 Å².